The average molecular weight is 251 g/mol. The molecule has 2 amide bonds. The zero-order valence-corrected chi connectivity index (χ0v) is 11.0. The van der Waals surface area contributed by atoms with Crippen LogP contribution in [0.1, 0.15) is 13.3 Å². The molecule has 0 N–H and O–H groups in total. The third-order valence-corrected chi connectivity index (χ3v) is 3.83. The summed E-state index contributed by atoms with van der Waals surface area (Å²) in [6.45, 7) is 10.8. The number of likely N-dealkylation sites (N-methyl/N-ethyl adjacent to an activating group) is 1. The van der Waals surface area contributed by atoms with Crippen LogP contribution < -0.4 is 0 Å². The quantitative estimate of drug-likeness (QED) is 0.518. The van der Waals surface area contributed by atoms with Crippen molar-refractivity contribution < 1.29 is 9.59 Å². The van der Waals surface area contributed by atoms with E-state index in [4.69, 9.17) is 0 Å². The topological polar surface area (TPSA) is 43.9 Å². The van der Waals surface area contributed by atoms with Gasteiger partial charge in [0.2, 0.25) is 11.8 Å². The van der Waals surface area contributed by atoms with E-state index in [0.29, 0.717) is 13.0 Å². The largest absolute Gasteiger partial charge is 0.301 e. The van der Waals surface area contributed by atoms with E-state index in [-0.39, 0.29) is 17.9 Å². The van der Waals surface area contributed by atoms with Gasteiger partial charge in [-0.15, -0.1) is 6.58 Å². The van der Waals surface area contributed by atoms with Crippen molar-refractivity contribution in [3.63, 3.8) is 0 Å². The first-order valence-electron chi connectivity index (χ1n) is 6.59. The first-order chi connectivity index (χ1) is 8.67. The highest BCUT2D eigenvalue weighted by Gasteiger charge is 2.41. The number of carbonyl (C=O) groups is 2. The summed E-state index contributed by atoms with van der Waals surface area (Å²) in [6, 6.07) is -0.239. The van der Waals surface area contributed by atoms with Gasteiger partial charge in [0.1, 0.15) is 0 Å². The molecule has 1 atom stereocenters. The molecule has 2 saturated heterocycles. The van der Waals surface area contributed by atoms with Crippen LogP contribution in [0.5, 0.6) is 0 Å². The molecule has 2 heterocycles. The van der Waals surface area contributed by atoms with Crippen LogP contribution in [0.15, 0.2) is 12.7 Å². The van der Waals surface area contributed by atoms with Gasteiger partial charge in [-0.3, -0.25) is 19.4 Å². The maximum absolute atomic E-state index is 12.2. The van der Waals surface area contributed by atoms with E-state index in [1.54, 1.807) is 6.08 Å². The Bertz CT molecular complexity index is 348. The number of rotatable bonds is 4. The predicted octanol–water partition coefficient (Wildman–Crippen LogP) is -0.0626. The molecule has 0 aromatic carbocycles. The number of carbonyl (C=O) groups excluding carboxylic acids is 2. The summed E-state index contributed by atoms with van der Waals surface area (Å²) < 4.78 is 0. The molecular formula is C13H21N3O2. The van der Waals surface area contributed by atoms with Crippen molar-refractivity contribution in [3.8, 4) is 0 Å². The fourth-order valence-corrected chi connectivity index (χ4v) is 2.66. The Morgan fingerprint density at radius 2 is 1.94 bits per heavy atom. The van der Waals surface area contributed by atoms with Crippen molar-refractivity contribution in [2.24, 2.45) is 0 Å². The van der Waals surface area contributed by atoms with E-state index in [1.165, 1.54) is 4.90 Å². The molecule has 0 saturated carbocycles. The molecule has 0 bridgehead atoms. The van der Waals surface area contributed by atoms with Crippen molar-refractivity contribution in [2.75, 3.05) is 39.3 Å². The number of amides is 2. The molecule has 0 spiro atoms. The fourth-order valence-electron chi connectivity index (χ4n) is 2.66. The van der Waals surface area contributed by atoms with Crippen LogP contribution in [-0.4, -0.2) is 71.8 Å². The zero-order chi connectivity index (χ0) is 13.1. The molecule has 2 fully saturated rings. The molecule has 100 valence electrons. The molecule has 18 heavy (non-hydrogen) atoms. The molecule has 0 aromatic heterocycles. The molecule has 2 rings (SSSR count). The lowest BCUT2D eigenvalue weighted by molar-refractivity contribution is -0.139. The molecule has 2 aliphatic rings. The lowest BCUT2D eigenvalue weighted by atomic mass is 10.2. The first kappa shape index (κ1) is 13.2. The minimum Gasteiger partial charge on any atom is -0.301 e. The van der Waals surface area contributed by atoms with Crippen LogP contribution in [0, 0.1) is 0 Å². The van der Waals surface area contributed by atoms with Gasteiger partial charge < -0.3 is 4.90 Å². The molecule has 0 aromatic rings. The highest BCUT2D eigenvalue weighted by molar-refractivity contribution is 6.05. The summed E-state index contributed by atoms with van der Waals surface area (Å²) in [6.07, 6.45) is 1.94. The van der Waals surface area contributed by atoms with Gasteiger partial charge in [0.25, 0.3) is 0 Å². The second-order valence-corrected chi connectivity index (χ2v) is 4.82. The maximum atomic E-state index is 12.2. The number of hydrogen-bond donors (Lipinski definition) is 0. The second-order valence-electron chi connectivity index (χ2n) is 4.82. The number of imide groups is 1. The van der Waals surface area contributed by atoms with Crippen molar-refractivity contribution >= 4 is 11.8 Å². The lowest BCUT2D eigenvalue weighted by Crippen LogP contribution is -2.52. The van der Waals surface area contributed by atoms with E-state index in [1.807, 2.05) is 0 Å². The van der Waals surface area contributed by atoms with Crippen LogP contribution in [-0.2, 0) is 9.59 Å². The normalized spacial score (nSPS) is 26.9. The average Bonchev–Trinajstić information content (AvgIpc) is 2.67. The van der Waals surface area contributed by atoms with Crippen LogP contribution in [0.4, 0.5) is 0 Å². The standard InChI is InChI=1S/C13H21N3O2/c1-3-5-16-12(17)10-11(13(16)18)15-8-6-14(4-2)7-9-15/h3,11H,1,4-10H2,2H3. The zero-order valence-electron chi connectivity index (χ0n) is 11.0. The Morgan fingerprint density at radius 1 is 1.28 bits per heavy atom. The van der Waals surface area contributed by atoms with E-state index in [9.17, 15) is 9.59 Å². The van der Waals surface area contributed by atoms with Crippen molar-refractivity contribution in [3.05, 3.63) is 12.7 Å². The van der Waals surface area contributed by atoms with Gasteiger partial charge in [0.15, 0.2) is 0 Å². The number of nitrogens with zero attached hydrogens (tertiary/aromatic N) is 3. The van der Waals surface area contributed by atoms with Crippen molar-refractivity contribution in [2.45, 2.75) is 19.4 Å². The summed E-state index contributed by atoms with van der Waals surface area (Å²) in [5, 5.41) is 0. The summed E-state index contributed by atoms with van der Waals surface area (Å²) in [5.74, 6) is -0.118. The summed E-state index contributed by atoms with van der Waals surface area (Å²) in [4.78, 5) is 29.8. The van der Waals surface area contributed by atoms with E-state index in [2.05, 4.69) is 23.3 Å². The van der Waals surface area contributed by atoms with E-state index in [0.717, 1.165) is 32.7 Å². The highest BCUT2D eigenvalue weighted by atomic mass is 16.2. The van der Waals surface area contributed by atoms with Crippen LogP contribution in [0.25, 0.3) is 0 Å². The summed E-state index contributed by atoms with van der Waals surface area (Å²) >= 11 is 0. The van der Waals surface area contributed by atoms with Crippen molar-refractivity contribution in [1.82, 2.24) is 14.7 Å². The molecular weight excluding hydrogens is 230 g/mol. The van der Waals surface area contributed by atoms with Crippen LogP contribution in [0.3, 0.4) is 0 Å². The Balaban J connectivity index is 1.96. The highest BCUT2D eigenvalue weighted by Crippen LogP contribution is 2.20. The SMILES string of the molecule is C=CCN1C(=O)CC(N2CCN(CC)CC2)C1=O. The van der Waals surface area contributed by atoms with Gasteiger partial charge >= 0.3 is 0 Å². The Labute approximate surface area is 108 Å². The van der Waals surface area contributed by atoms with Gasteiger partial charge in [-0.25, -0.2) is 0 Å². The van der Waals surface area contributed by atoms with Crippen molar-refractivity contribution in [1.29, 1.82) is 0 Å². The third kappa shape index (κ3) is 2.47. The minimum absolute atomic E-state index is 0.0511. The molecule has 5 nitrogen and oxygen atoms in total. The van der Waals surface area contributed by atoms with Gasteiger partial charge in [0, 0.05) is 32.7 Å². The van der Waals surface area contributed by atoms with Gasteiger partial charge in [-0.05, 0) is 6.54 Å². The Kier molecular flexibility index (Phi) is 4.14. The molecule has 0 aliphatic carbocycles. The molecule has 1 unspecified atom stereocenters. The lowest BCUT2D eigenvalue weighted by Gasteiger charge is -2.36. The van der Waals surface area contributed by atoms with E-state index >= 15 is 0 Å². The van der Waals surface area contributed by atoms with Gasteiger partial charge in [0.05, 0.1) is 12.5 Å². The summed E-state index contributed by atoms with van der Waals surface area (Å²) in [7, 11) is 0. The second kappa shape index (κ2) is 5.63. The Morgan fingerprint density at radius 3 is 2.50 bits per heavy atom. The van der Waals surface area contributed by atoms with Crippen LogP contribution >= 0.6 is 0 Å². The number of hydrogen-bond acceptors (Lipinski definition) is 4. The third-order valence-electron chi connectivity index (χ3n) is 3.83. The smallest absolute Gasteiger partial charge is 0.247 e. The van der Waals surface area contributed by atoms with E-state index < -0.39 is 0 Å². The number of piperazine rings is 1. The minimum atomic E-state index is -0.239. The maximum Gasteiger partial charge on any atom is 0.247 e. The Hall–Kier alpha value is -1.20. The molecule has 2 aliphatic heterocycles. The monoisotopic (exact) mass is 251 g/mol. The first-order valence-corrected chi connectivity index (χ1v) is 6.59. The van der Waals surface area contributed by atoms with Crippen LogP contribution in [0.2, 0.25) is 0 Å². The molecule has 0 radical (unpaired) electrons. The van der Waals surface area contributed by atoms with Gasteiger partial charge in [-0.2, -0.15) is 0 Å². The summed E-state index contributed by atoms with van der Waals surface area (Å²) in [5.41, 5.74) is 0. The predicted molar refractivity (Wildman–Crippen MR) is 69.0 cm³/mol. The number of likely N-dealkylation sites (tertiary alicyclic amines) is 1. The molecule has 5 heteroatoms. The fraction of sp³-hybridized carbons (Fsp3) is 0.692. The van der Waals surface area contributed by atoms with Gasteiger partial charge in [-0.1, -0.05) is 13.0 Å².